The second kappa shape index (κ2) is 6.89. The molecule has 1 aromatic heterocycles. The number of nitrogens with one attached hydrogen (secondary N) is 1. The Morgan fingerprint density at radius 1 is 1.08 bits per heavy atom. The lowest BCUT2D eigenvalue weighted by atomic mass is 10.1. The SMILES string of the molecule is NCc1ccc(Cl)c(-c2nc(-c3ccc(C(F)(F)F)cc3)nc(=O)[nH]2)c1. The molecule has 0 aliphatic rings. The largest absolute Gasteiger partial charge is 0.416 e. The lowest BCUT2D eigenvalue weighted by Crippen LogP contribution is -2.15. The van der Waals surface area contributed by atoms with Gasteiger partial charge < -0.3 is 5.73 Å². The van der Waals surface area contributed by atoms with Crippen LogP contribution in [0.4, 0.5) is 13.2 Å². The van der Waals surface area contributed by atoms with Gasteiger partial charge in [-0.2, -0.15) is 18.2 Å². The van der Waals surface area contributed by atoms with Gasteiger partial charge in [-0.15, -0.1) is 0 Å². The predicted molar refractivity (Wildman–Crippen MR) is 91.4 cm³/mol. The summed E-state index contributed by atoms with van der Waals surface area (Å²) in [6.07, 6.45) is -4.45. The topological polar surface area (TPSA) is 84.7 Å². The highest BCUT2D eigenvalue weighted by Gasteiger charge is 2.30. The number of alkyl halides is 3. The van der Waals surface area contributed by atoms with E-state index < -0.39 is 17.4 Å². The summed E-state index contributed by atoms with van der Waals surface area (Å²) in [5.41, 5.74) is 5.61. The normalized spacial score (nSPS) is 11.6. The molecule has 134 valence electrons. The molecule has 0 saturated heterocycles. The molecule has 3 N–H and O–H groups in total. The van der Waals surface area contributed by atoms with Crippen molar-refractivity contribution >= 4 is 11.6 Å². The molecule has 0 bridgehead atoms. The number of hydrogen-bond acceptors (Lipinski definition) is 4. The number of hydrogen-bond donors (Lipinski definition) is 2. The number of benzene rings is 2. The van der Waals surface area contributed by atoms with Crippen molar-refractivity contribution in [2.24, 2.45) is 5.73 Å². The molecule has 0 aliphatic carbocycles. The van der Waals surface area contributed by atoms with Crippen LogP contribution in [0.3, 0.4) is 0 Å². The fraction of sp³-hybridized carbons (Fsp3) is 0.118. The minimum atomic E-state index is -4.45. The first-order valence-electron chi connectivity index (χ1n) is 7.43. The van der Waals surface area contributed by atoms with E-state index in [-0.39, 0.29) is 23.8 Å². The lowest BCUT2D eigenvalue weighted by Gasteiger charge is -2.09. The molecule has 0 radical (unpaired) electrons. The summed E-state index contributed by atoms with van der Waals surface area (Å²) in [5.74, 6) is 0.145. The summed E-state index contributed by atoms with van der Waals surface area (Å²) >= 11 is 6.16. The van der Waals surface area contributed by atoms with Crippen LogP contribution in [0, 0.1) is 0 Å². The molecule has 0 amide bonds. The van der Waals surface area contributed by atoms with E-state index in [1.807, 2.05) is 0 Å². The average molecular weight is 381 g/mol. The van der Waals surface area contributed by atoms with Crippen molar-refractivity contribution in [1.82, 2.24) is 15.0 Å². The molecule has 0 unspecified atom stereocenters. The molecule has 1 heterocycles. The third-order valence-corrected chi connectivity index (χ3v) is 3.97. The number of halogens is 4. The first-order valence-corrected chi connectivity index (χ1v) is 7.80. The second-order valence-electron chi connectivity index (χ2n) is 5.42. The third-order valence-electron chi connectivity index (χ3n) is 3.64. The van der Waals surface area contributed by atoms with Crippen LogP contribution in [0.25, 0.3) is 22.8 Å². The molecule has 3 aromatic rings. The smallest absolute Gasteiger partial charge is 0.326 e. The summed E-state index contributed by atoms with van der Waals surface area (Å²) in [4.78, 5) is 22.3. The summed E-state index contributed by atoms with van der Waals surface area (Å²) in [6.45, 7) is 0.269. The molecule has 0 atom stereocenters. The number of nitrogens with two attached hydrogens (primary N) is 1. The highest BCUT2D eigenvalue weighted by atomic mass is 35.5. The maximum absolute atomic E-state index is 12.7. The van der Waals surface area contributed by atoms with Crippen LogP contribution in [0.5, 0.6) is 0 Å². The Morgan fingerprint density at radius 2 is 1.77 bits per heavy atom. The van der Waals surface area contributed by atoms with E-state index >= 15 is 0 Å². The van der Waals surface area contributed by atoms with Gasteiger partial charge in [0.2, 0.25) is 0 Å². The van der Waals surface area contributed by atoms with Gasteiger partial charge in [0.05, 0.1) is 10.6 Å². The Labute approximate surface area is 150 Å². The lowest BCUT2D eigenvalue weighted by molar-refractivity contribution is -0.137. The van der Waals surface area contributed by atoms with Crippen molar-refractivity contribution < 1.29 is 13.2 Å². The average Bonchev–Trinajstić information content (AvgIpc) is 2.61. The highest BCUT2D eigenvalue weighted by Crippen LogP contribution is 2.31. The second-order valence-corrected chi connectivity index (χ2v) is 5.83. The van der Waals surface area contributed by atoms with Gasteiger partial charge in [0.15, 0.2) is 5.82 Å². The van der Waals surface area contributed by atoms with Crippen molar-refractivity contribution in [3.05, 3.63) is 69.1 Å². The van der Waals surface area contributed by atoms with Gasteiger partial charge in [-0.3, -0.25) is 4.98 Å². The van der Waals surface area contributed by atoms with E-state index in [0.717, 1.165) is 17.7 Å². The van der Waals surface area contributed by atoms with E-state index in [0.29, 0.717) is 10.6 Å². The fourth-order valence-corrected chi connectivity index (χ4v) is 2.54. The number of nitrogens with zero attached hydrogens (tertiary/aromatic N) is 2. The molecule has 2 aromatic carbocycles. The summed E-state index contributed by atoms with van der Waals surface area (Å²) in [5, 5.41) is 0.343. The van der Waals surface area contributed by atoms with Crippen molar-refractivity contribution in [2.75, 3.05) is 0 Å². The van der Waals surface area contributed by atoms with Gasteiger partial charge in [0, 0.05) is 17.7 Å². The molecular formula is C17H12ClF3N4O. The Bertz CT molecular complexity index is 1000. The first kappa shape index (κ1) is 18.1. The quantitative estimate of drug-likeness (QED) is 0.726. The number of H-pyrrole nitrogens is 1. The van der Waals surface area contributed by atoms with Crippen LogP contribution >= 0.6 is 11.6 Å². The van der Waals surface area contributed by atoms with Crippen LogP contribution in [0.15, 0.2) is 47.3 Å². The van der Waals surface area contributed by atoms with Crippen LogP contribution in [-0.4, -0.2) is 15.0 Å². The predicted octanol–water partition coefficient (Wildman–Crippen LogP) is 3.63. The van der Waals surface area contributed by atoms with Crippen LogP contribution in [0.1, 0.15) is 11.1 Å². The molecule has 26 heavy (non-hydrogen) atoms. The molecular weight excluding hydrogens is 369 g/mol. The maximum Gasteiger partial charge on any atom is 0.416 e. The van der Waals surface area contributed by atoms with Crippen molar-refractivity contribution in [3.8, 4) is 22.8 Å². The van der Waals surface area contributed by atoms with Gasteiger partial charge >= 0.3 is 11.9 Å². The Hall–Kier alpha value is -2.71. The van der Waals surface area contributed by atoms with E-state index in [1.165, 1.54) is 12.1 Å². The van der Waals surface area contributed by atoms with Gasteiger partial charge in [-0.05, 0) is 29.8 Å². The summed E-state index contributed by atoms with van der Waals surface area (Å²) < 4.78 is 38.0. The molecule has 0 aliphatic heterocycles. The number of aromatic nitrogens is 3. The van der Waals surface area contributed by atoms with Gasteiger partial charge in [0.1, 0.15) is 5.82 Å². The Balaban J connectivity index is 2.08. The zero-order valence-electron chi connectivity index (χ0n) is 13.1. The Morgan fingerprint density at radius 3 is 2.38 bits per heavy atom. The molecule has 3 rings (SSSR count). The minimum absolute atomic E-state index is 0.00769. The summed E-state index contributed by atoms with van der Waals surface area (Å²) in [6, 6.07) is 9.26. The molecule has 9 heteroatoms. The van der Waals surface area contributed by atoms with Crippen LogP contribution in [0.2, 0.25) is 5.02 Å². The van der Waals surface area contributed by atoms with Gasteiger partial charge in [-0.25, -0.2) is 9.78 Å². The van der Waals surface area contributed by atoms with Crippen LogP contribution < -0.4 is 11.4 Å². The van der Waals surface area contributed by atoms with Gasteiger partial charge in [-0.1, -0.05) is 29.8 Å². The first-order chi connectivity index (χ1) is 12.3. The number of aromatic amines is 1. The molecule has 0 saturated carbocycles. The van der Waals surface area contributed by atoms with Crippen LogP contribution in [-0.2, 0) is 12.7 Å². The molecule has 0 spiro atoms. The highest BCUT2D eigenvalue weighted by molar-refractivity contribution is 6.33. The van der Waals surface area contributed by atoms with E-state index in [9.17, 15) is 18.0 Å². The van der Waals surface area contributed by atoms with Gasteiger partial charge in [0.25, 0.3) is 0 Å². The monoisotopic (exact) mass is 380 g/mol. The fourth-order valence-electron chi connectivity index (χ4n) is 2.33. The standard InChI is InChI=1S/C17H12ClF3N4O/c18-13-6-1-9(8-22)7-12(13)15-23-14(24-16(26)25-15)10-2-4-11(5-3-10)17(19,20)21/h1-7H,8,22H2,(H,23,24,25,26). The van der Waals surface area contributed by atoms with Crippen molar-refractivity contribution in [2.45, 2.75) is 12.7 Å². The zero-order chi connectivity index (χ0) is 18.9. The zero-order valence-corrected chi connectivity index (χ0v) is 13.9. The van der Waals surface area contributed by atoms with Crippen molar-refractivity contribution in [3.63, 3.8) is 0 Å². The van der Waals surface area contributed by atoms with E-state index in [4.69, 9.17) is 17.3 Å². The molecule has 0 fully saturated rings. The third kappa shape index (κ3) is 3.76. The maximum atomic E-state index is 12.7. The Kier molecular flexibility index (Phi) is 4.80. The summed E-state index contributed by atoms with van der Waals surface area (Å²) in [7, 11) is 0. The van der Waals surface area contributed by atoms with Crippen molar-refractivity contribution in [1.29, 1.82) is 0 Å². The number of rotatable bonds is 3. The minimum Gasteiger partial charge on any atom is -0.326 e. The van der Waals surface area contributed by atoms with E-state index in [2.05, 4.69) is 15.0 Å². The van der Waals surface area contributed by atoms with E-state index in [1.54, 1.807) is 18.2 Å². The molecule has 5 nitrogen and oxygen atoms in total.